The Morgan fingerprint density at radius 1 is 1.37 bits per heavy atom. The first-order valence-electron chi connectivity index (χ1n) is 6.54. The van der Waals surface area contributed by atoms with Crippen LogP contribution in [0.2, 0.25) is 0 Å². The van der Waals surface area contributed by atoms with Gasteiger partial charge >= 0.3 is 5.97 Å². The minimum absolute atomic E-state index is 0.0797. The maximum absolute atomic E-state index is 11.9. The fraction of sp³-hybridized carbons (Fsp3) is 0.500. The molecule has 0 aliphatic heterocycles. The van der Waals surface area contributed by atoms with Crippen LogP contribution in [0.1, 0.15) is 23.2 Å². The number of nitrogens with one attached hydrogen (secondary N) is 1. The molecule has 3 N–H and O–H groups in total. The molecule has 1 aromatic carbocycles. The van der Waals surface area contributed by atoms with E-state index in [0.29, 0.717) is 11.5 Å². The summed E-state index contributed by atoms with van der Waals surface area (Å²) in [5.74, 6) is 0.401. The molecule has 19 heavy (non-hydrogen) atoms. The van der Waals surface area contributed by atoms with E-state index in [1.807, 2.05) is 19.2 Å². The van der Waals surface area contributed by atoms with Crippen molar-refractivity contribution in [2.24, 2.45) is 5.92 Å². The van der Waals surface area contributed by atoms with Crippen molar-refractivity contribution in [1.29, 1.82) is 0 Å². The second kappa shape index (κ2) is 6.65. The van der Waals surface area contributed by atoms with Crippen molar-refractivity contribution in [3.05, 3.63) is 29.8 Å². The Morgan fingerprint density at radius 3 is 2.63 bits per heavy atom. The summed E-state index contributed by atoms with van der Waals surface area (Å²) in [6.07, 6.45) is 2.00. The molecule has 0 heterocycles. The average Bonchev–Trinajstić information content (AvgIpc) is 2.37. The summed E-state index contributed by atoms with van der Waals surface area (Å²) in [6, 6.07) is 7.20. The predicted molar refractivity (Wildman–Crippen MR) is 70.9 cm³/mol. The van der Waals surface area contributed by atoms with Gasteiger partial charge < -0.3 is 10.1 Å². The molecule has 0 bridgehead atoms. The molecule has 0 spiro atoms. The van der Waals surface area contributed by atoms with E-state index < -0.39 is 0 Å². The molecule has 0 amide bonds. The number of hydrogen-bond acceptors (Lipinski definition) is 4. The highest BCUT2D eigenvalue weighted by Crippen LogP contribution is 2.30. The first-order chi connectivity index (χ1) is 9.22. The van der Waals surface area contributed by atoms with Crippen molar-refractivity contribution in [2.75, 3.05) is 20.7 Å². The van der Waals surface area contributed by atoms with Crippen LogP contribution in [0.15, 0.2) is 24.3 Å². The number of hydrogen-bond donors (Lipinski definition) is 2. The second-order valence-corrected chi connectivity index (χ2v) is 4.90. The molecular formula is C14H21N2O3+. The SMILES string of the molecule is CNCC1CC(OC(=O)c2ccc([NH2+]OC)cc2)C1. The topological polar surface area (TPSA) is 64.2 Å². The molecule has 2 rings (SSSR count). The molecule has 1 fully saturated rings. The van der Waals surface area contributed by atoms with Gasteiger partial charge in [-0.2, -0.15) is 5.48 Å². The zero-order valence-electron chi connectivity index (χ0n) is 11.4. The third-order valence-electron chi connectivity index (χ3n) is 3.36. The van der Waals surface area contributed by atoms with Crippen molar-refractivity contribution in [2.45, 2.75) is 18.9 Å². The first kappa shape index (κ1) is 14.0. The first-order valence-corrected chi connectivity index (χ1v) is 6.54. The van der Waals surface area contributed by atoms with Crippen molar-refractivity contribution in [3.8, 4) is 0 Å². The van der Waals surface area contributed by atoms with Gasteiger partial charge in [-0.1, -0.05) is 0 Å². The molecule has 1 aromatic rings. The molecular weight excluding hydrogens is 244 g/mol. The molecule has 0 saturated heterocycles. The van der Waals surface area contributed by atoms with E-state index in [0.717, 1.165) is 25.1 Å². The molecule has 0 aromatic heterocycles. The fourth-order valence-electron chi connectivity index (χ4n) is 2.28. The van der Waals surface area contributed by atoms with E-state index in [9.17, 15) is 4.79 Å². The normalized spacial score (nSPS) is 21.8. The summed E-state index contributed by atoms with van der Waals surface area (Å²) >= 11 is 0. The molecule has 104 valence electrons. The van der Waals surface area contributed by atoms with Crippen LogP contribution in [0.25, 0.3) is 0 Å². The lowest BCUT2D eigenvalue weighted by Gasteiger charge is -2.34. The number of ether oxygens (including phenoxy) is 1. The summed E-state index contributed by atoms with van der Waals surface area (Å²) in [5, 5.41) is 3.14. The highest BCUT2D eigenvalue weighted by atomic mass is 16.6. The van der Waals surface area contributed by atoms with Gasteiger partial charge in [-0.3, -0.25) is 0 Å². The average molecular weight is 265 g/mol. The zero-order valence-corrected chi connectivity index (χ0v) is 11.4. The smallest absolute Gasteiger partial charge is 0.338 e. The van der Waals surface area contributed by atoms with Crippen molar-refractivity contribution in [1.82, 2.24) is 5.32 Å². The highest BCUT2D eigenvalue weighted by Gasteiger charge is 2.31. The Labute approximate surface area is 113 Å². The molecule has 0 unspecified atom stereocenters. The van der Waals surface area contributed by atoms with Gasteiger partial charge in [0.2, 0.25) is 0 Å². The number of carbonyl (C=O) groups excluding carboxylic acids is 1. The van der Waals surface area contributed by atoms with Gasteiger partial charge in [-0.05, 0) is 44.5 Å². The van der Waals surface area contributed by atoms with Gasteiger partial charge in [0.1, 0.15) is 6.10 Å². The van der Waals surface area contributed by atoms with Crippen LogP contribution in [0.3, 0.4) is 0 Å². The van der Waals surface area contributed by atoms with Gasteiger partial charge in [0.05, 0.1) is 12.7 Å². The van der Waals surface area contributed by atoms with Gasteiger partial charge in [0.15, 0.2) is 5.69 Å². The van der Waals surface area contributed by atoms with E-state index in [-0.39, 0.29) is 12.1 Å². The van der Waals surface area contributed by atoms with E-state index >= 15 is 0 Å². The van der Waals surface area contributed by atoms with E-state index in [4.69, 9.17) is 9.57 Å². The fourth-order valence-corrected chi connectivity index (χ4v) is 2.28. The van der Waals surface area contributed by atoms with Crippen molar-refractivity contribution in [3.63, 3.8) is 0 Å². The van der Waals surface area contributed by atoms with E-state index in [1.165, 1.54) is 0 Å². The Morgan fingerprint density at radius 2 is 2.05 bits per heavy atom. The quantitative estimate of drug-likeness (QED) is 0.449. The van der Waals surface area contributed by atoms with Crippen LogP contribution in [0.4, 0.5) is 5.69 Å². The lowest BCUT2D eigenvalue weighted by Crippen LogP contribution is -2.75. The van der Waals surface area contributed by atoms with Crippen molar-refractivity contribution < 1.29 is 19.8 Å². The largest absolute Gasteiger partial charge is 0.459 e. The van der Waals surface area contributed by atoms with Crippen LogP contribution in [0, 0.1) is 5.92 Å². The molecule has 1 aliphatic carbocycles. The molecule has 0 atom stereocenters. The van der Waals surface area contributed by atoms with Crippen LogP contribution < -0.4 is 10.8 Å². The molecule has 1 saturated carbocycles. The summed E-state index contributed by atoms with van der Waals surface area (Å²) < 4.78 is 5.44. The maximum atomic E-state index is 11.9. The summed E-state index contributed by atoms with van der Waals surface area (Å²) in [7, 11) is 3.54. The Bertz CT molecular complexity index is 413. The van der Waals surface area contributed by atoms with E-state index in [1.54, 1.807) is 24.7 Å². The van der Waals surface area contributed by atoms with Crippen LogP contribution in [0.5, 0.6) is 0 Å². The molecule has 0 radical (unpaired) electrons. The van der Waals surface area contributed by atoms with Crippen LogP contribution in [-0.2, 0) is 9.57 Å². The Hall–Kier alpha value is -1.43. The lowest BCUT2D eigenvalue weighted by atomic mass is 9.82. The number of quaternary nitrogens is 1. The predicted octanol–water partition coefficient (Wildman–Crippen LogP) is 0.598. The number of benzene rings is 1. The number of carbonyl (C=O) groups is 1. The van der Waals surface area contributed by atoms with Crippen LogP contribution >= 0.6 is 0 Å². The standard InChI is InChI=1S/C14H20N2O3/c1-15-9-10-7-13(8-10)19-14(17)11-3-5-12(6-4-11)16-18-2/h3-6,10,13,15-16H,7-9H2,1-2H3/p+1. The Balaban J connectivity index is 1.80. The summed E-state index contributed by atoms with van der Waals surface area (Å²) in [6.45, 7) is 0.996. The van der Waals surface area contributed by atoms with Gasteiger partial charge in [0, 0.05) is 12.1 Å². The zero-order chi connectivity index (χ0) is 13.7. The summed E-state index contributed by atoms with van der Waals surface area (Å²) in [4.78, 5) is 16.8. The van der Waals surface area contributed by atoms with Gasteiger partial charge in [-0.25, -0.2) is 9.63 Å². The third-order valence-corrected chi connectivity index (χ3v) is 3.36. The van der Waals surface area contributed by atoms with Gasteiger partial charge in [-0.15, -0.1) is 0 Å². The molecule has 5 heteroatoms. The molecule has 5 nitrogen and oxygen atoms in total. The number of esters is 1. The number of rotatable bonds is 6. The highest BCUT2D eigenvalue weighted by molar-refractivity contribution is 5.89. The monoisotopic (exact) mass is 265 g/mol. The third kappa shape index (κ3) is 3.76. The molecule has 1 aliphatic rings. The lowest BCUT2D eigenvalue weighted by molar-refractivity contribution is -0.830. The number of nitrogens with two attached hydrogens (primary N) is 1. The second-order valence-electron chi connectivity index (χ2n) is 4.90. The van der Waals surface area contributed by atoms with Crippen LogP contribution in [-0.4, -0.2) is 32.8 Å². The van der Waals surface area contributed by atoms with Crippen molar-refractivity contribution >= 4 is 11.7 Å². The van der Waals surface area contributed by atoms with E-state index in [2.05, 4.69) is 5.32 Å². The minimum Gasteiger partial charge on any atom is -0.459 e. The summed E-state index contributed by atoms with van der Waals surface area (Å²) in [5.41, 5.74) is 3.14. The Kier molecular flexibility index (Phi) is 4.90. The minimum atomic E-state index is -0.239. The van der Waals surface area contributed by atoms with Gasteiger partial charge in [0.25, 0.3) is 0 Å². The maximum Gasteiger partial charge on any atom is 0.338 e.